The van der Waals surface area contributed by atoms with Crippen LogP contribution < -0.4 is 5.32 Å². The molecule has 1 aromatic heterocycles. The van der Waals surface area contributed by atoms with Crippen molar-refractivity contribution in [2.45, 2.75) is 6.54 Å². The number of nitrogens with zero attached hydrogens (tertiary/aromatic N) is 1. The predicted molar refractivity (Wildman–Crippen MR) is 85.1 cm³/mol. The second kappa shape index (κ2) is 5.14. The lowest BCUT2D eigenvalue weighted by atomic mass is 9.99. The van der Waals surface area contributed by atoms with Gasteiger partial charge in [0.05, 0.1) is 12.1 Å². The van der Waals surface area contributed by atoms with Crippen LogP contribution in [0.1, 0.15) is 20.7 Å². The first-order chi connectivity index (χ1) is 11.2. The highest BCUT2D eigenvalue weighted by atomic mass is 19.1. The molecule has 2 heterocycles. The van der Waals surface area contributed by atoms with Crippen LogP contribution in [0.3, 0.4) is 0 Å². The average Bonchev–Trinajstić information content (AvgIpc) is 2.80. The fourth-order valence-electron chi connectivity index (χ4n) is 3.08. The molecule has 0 saturated heterocycles. The van der Waals surface area contributed by atoms with Crippen molar-refractivity contribution in [3.8, 4) is 11.1 Å². The SMILES string of the molecule is O=Cc1ccc(-c2cc3c4c(c2)cc(F)n4C(=O)CNC3)cc1. The molecular formula is C18H13FN2O2. The van der Waals surface area contributed by atoms with Crippen molar-refractivity contribution in [2.24, 2.45) is 0 Å². The summed E-state index contributed by atoms with van der Waals surface area (Å²) in [7, 11) is 0. The zero-order valence-electron chi connectivity index (χ0n) is 12.2. The summed E-state index contributed by atoms with van der Waals surface area (Å²) in [5.41, 5.74) is 3.99. The maximum atomic E-state index is 14.2. The van der Waals surface area contributed by atoms with Crippen molar-refractivity contribution in [3.05, 3.63) is 59.5 Å². The lowest BCUT2D eigenvalue weighted by molar-refractivity contribution is 0.0907. The van der Waals surface area contributed by atoms with Crippen LogP contribution in [0, 0.1) is 5.95 Å². The number of halogens is 1. The van der Waals surface area contributed by atoms with Crippen LogP contribution in [-0.2, 0) is 6.54 Å². The van der Waals surface area contributed by atoms with Gasteiger partial charge in [0.1, 0.15) is 6.29 Å². The third-order valence-electron chi connectivity index (χ3n) is 4.15. The molecule has 23 heavy (non-hydrogen) atoms. The quantitative estimate of drug-likeness (QED) is 0.740. The predicted octanol–water partition coefficient (Wildman–Crippen LogP) is 3.00. The van der Waals surface area contributed by atoms with Crippen molar-refractivity contribution in [3.63, 3.8) is 0 Å². The summed E-state index contributed by atoms with van der Waals surface area (Å²) >= 11 is 0. The number of aldehydes is 1. The standard InChI is InChI=1S/C18H13FN2O2/c19-16-7-14-5-13(12-3-1-11(10-22)2-4-12)6-15-8-20-9-17(23)21(16)18(14)15/h1-7,10,20H,8-9H2. The summed E-state index contributed by atoms with van der Waals surface area (Å²) in [6, 6.07) is 12.4. The second-order valence-corrected chi connectivity index (χ2v) is 5.61. The Labute approximate surface area is 131 Å². The van der Waals surface area contributed by atoms with Gasteiger partial charge in [-0.15, -0.1) is 0 Å². The maximum Gasteiger partial charge on any atom is 0.247 e. The van der Waals surface area contributed by atoms with E-state index in [4.69, 9.17) is 0 Å². The van der Waals surface area contributed by atoms with Crippen LogP contribution in [-0.4, -0.2) is 23.3 Å². The van der Waals surface area contributed by atoms with E-state index in [1.165, 1.54) is 6.07 Å². The number of carbonyl (C=O) groups excluding carboxylic acids is 2. The van der Waals surface area contributed by atoms with Crippen LogP contribution in [0.25, 0.3) is 22.0 Å². The van der Waals surface area contributed by atoms with Crippen molar-refractivity contribution < 1.29 is 14.0 Å². The molecule has 1 aliphatic rings. The molecule has 0 saturated carbocycles. The van der Waals surface area contributed by atoms with E-state index in [-0.39, 0.29) is 12.5 Å². The fraction of sp³-hybridized carbons (Fsp3) is 0.111. The first-order valence-electron chi connectivity index (χ1n) is 7.31. The molecule has 0 bridgehead atoms. The molecule has 0 amide bonds. The Balaban J connectivity index is 1.94. The summed E-state index contributed by atoms with van der Waals surface area (Å²) in [6.45, 7) is 0.616. The van der Waals surface area contributed by atoms with E-state index in [2.05, 4.69) is 5.32 Å². The number of benzene rings is 2. The maximum absolute atomic E-state index is 14.2. The summed E-state index contributed by atoms with van der Waals surface area (Å²) < 4.78 is 15.3. The van der Waals surface area contributed by atoms with Crippen molar-refractivity contribution in [2.75, 3.05) is 6.54 Å². The van der Waals surface area contributed by atoms with Gasteiger partial charge < -0.3 is 5.32 Å². The molecule has 1 N–H and O–H groups in total. The second-order valence-electron chi connectivity index (χ2n) is 5.61. The van der Waals surface area contributed by atoms with Gasteiger partial charge in [-0.3, -0.25) is 14.2 Å². The van der Waals surface area contributed by atoms with Gasteiger partial charge in [0.25, 0.3) is 0 Å². The van der Waals surface area contributed by atoms with Gasteiger partial charge in [-0.05, 0) is 28.8 Å². The molecule has 2 aromatic carbocycles. The molecule has 1 aliphatic heterocycles. The summed E-state index contributed by atoms with van der Waals surface area (Å²) in [6.07, 6.45) is 0.798. The van der Waals surface area contributed by atoms with Crippen LogP contribution in [0.4, 0.5) is 4.39 Å². The highest BCUT2D eigenvalue weighted by Crippen LogP contribution is 2.31. The van der Waals surface area contributed by atoms with Crippen molar-refractivity contribution in [1.82, 2.24) is 9.88 Å². The largest absolute Gasteiger partial charge is 0.304 e. The molecule has 0 atom stereocenters. The zero-order valence-corrected chi connectivity index (χ0v) is 12.2. The molecule has 4 rings (SSSR count). The van der Waals surface area contributed by atoms with E-state index in [1.807, 2.05) is 24.3 Å². The van der Waals surface area contributed by atoms with E-state index in [0.717, 1.165) is 27.5 Å². The van der Waals surface area contributed by atoms with Crippen LogP contribution in [0.15, 0.2) is 42.5 Å². The summed E-state index contributed by atoms with van der Waals surface area (Å²) in [5, 5.41) is 3.73. The minimum atomic E-state index is -0.539. The molecule has 5 heteroatoms. The molecule has 0 spiro atoms. The average molecular weight is 308 g/mol. The summed E-state index contributed by atoms with van der Waals surface area (Å²) in [4.78, 5) is 22.8. The highest BCUT2D eigenvalue weighted by molar-refractivity contribution is 5.98. The Morgan fingerprint density at radius 1 is 1.04 bits per heavy atom. The molecule has 3 aromatic rings. The lowest BCUT2D eigenvalue weighted by Crippen LogP contribution is -2.24. The Hall–Kier alpha value is -2.79. The Morgan fingerprint density at radius 2 is 1.83 bits per heavy atom. The lowest BCUT2D eigenvalue weighted by Gasteiger charge is -2.08. The van der Waals surface area contributed by atoms with E-state index >= 15 is 0 Å². The molecule has 0 radical (unpaired) electrons. The molecule has 4 nitrogen and oxygen atoms in total. The number of carbonyl (C=O) groups is 2. The van der Waals surface area contributed by atoms with Crippen LogP contribution in [0.5, 0.6) is 0 Å². The van der Waals surface area contributed by atoms with E-state index in [1.54, 1.807) is 12.1 Å². The topological polar surface area (TPSA) is 51.1 Å². The first kappa shape index (κ1) is 13.8. The third-order valence-corrected chi connectivity index (χ3v) is 4.15. The minimum Gasteiger partial charge on any atom is -0.304 e. The third kappa shape index (κ3) is 2.17. The van der Waals surface area contributed by atoms with E-state index in [0.29, 0.717) is 23.0 Å². The number of hydrogen-bond acceptors (Lipinski definition) is 3. The number of nitrogens with one attached hydrogen (secondary N) is 1. The Kier molecular flexibility index (Phi) is 3.09. The van der Waals surface area contributed by atoms with Gasteiger partial charge in [-0.1, -0.05) is 24.3 Å². The van der Waals surface area contributed by atoms with Gasteiger partial charge in [-0.25, -0.2) is 0 Å². The molecule has 0 fully saturated rings. The normalized spacial score (nSPS) is 14.0. The van der Waals surface area contributed by atoms with Crippen LogP contribution >= 0.6 is 0 Å². The fourth-order valence-corrected chi connectivity index (χ4v) is 3.08. The van der Waals surface area contributed by atoms with Gasteiger partial charge in [-0.2, -0.15) is 4.39 Å². The molecule has 114 valence electrons. The summed E-state index contributed by atoms with van der Waals surface area (Å²) in [5.74, 6) is -0.831. The van der Waals surface area contributed by atoms with Crippen LogP contribution in [0.2, 0.25) is 0 Å². The monoisotopic (exact) mass is 308 g/mol. The highest BCUT2D eigenvalue weighted by Gasteiger charge is 2.21. The first-order valence-corrected chi connectivity index (χ1v) is 7.31. The number of aromatic nitrogens is 1. The van der Waals surface area contributed by atoms with Gasteiger partial charge in [0.2, 0.25) is 11.9 Å². The van der Waals surface area contributed by atoms with Crippen molar-refractivity contribution in [1.29, 1.82) is 0 Å². The van der Waals surface area contributed by atoms with Gasteiger partial charge >= 0.3 is 0 Å². The van der Waals surface area contributed by atoms with Crippen molar-refractivity contribution >= 4 is 23.1 Å². The zero-order chi connectivity index (χ0) is 16.0. The molecule has 0 unspecified atom stereocenters. The Bertz CT molecular complexity index is 942. The van der Waals surface area contributed by atoms with E-state index in [9.17, 15) is 14.0 Å². The molecular weight excluding hydrogens is 295 g/mol. The molecule has 0 aliphatic carbocycles. The number of hydrogen-bond donors (Lipinski definition) is 1. The smallest absolute Gasteiger partial charge is 0.247 e. The van der Waals surface area contributed by atoms with E-state index < -0.39 is 5.95 Å². The van der Waals surface area contributed by atoms with Gasteiger partial charge in [0, 0.05) is 23.6 Å². The minimum absolute atomic E-state index is 0.110. The Morgan fingerprint density at radius 3 is 2.57 bits per heavy atom. The van der Waals surface area contributed by atoms with Gasteiger partial charge in [0.15, 0.2) is 0 Å². The number of rotatable bonds is 2.